The Morgan fingerprint density at radius 1 is 1.12 bits per heavy atom. The van der Waals surface area contributed by atoms with Crippen LogP contribution >= 0.6 is 0 Å². The summed E-state index contributed by atoms with van der Waals surface area (Å²) in [6.45, 7) is 4.22. The Bertz CT molecular complexity index is 622. The number of sulfonamides is 1. The van der Waals surface area contributed by atoms with Crippen LogP contribution in [0.3, 0.4) is 0 Å². The maximum atomic E-state index is 12.4. The highest BCUT2D eigenvalue weighted by atomic mass is 32.2. The van der Waals surface area contributed by atoms with E-state index >= 15 is 0 Å². The maximum absolute atomic E-state index is 12.4. The van der Waals surface area contributed by atoms with Crippen molar-refractivity contribution in [1.29, 1.82) is 0 Å². The summed E-state index contributed by atoms with van der Waals surface area (Å²) in [5.41, 5.74) is 9.52. The van der Waals surface area contributed by atoms with Gasteiger partial charge in [-0.05, 0) is 31.0 Å². The molecule has 0 fully saturated rings. The highest BCUT2D eigenvalue weighted by Crippen LogP contribution is 2.14. The largest absolute Gasteiger partial charge is 0.240 e. The third-order valence-corrected chi connectivity index (χ3v) is 5.46. The second-order valence-corrected chi connectivity index (χ2v) is 7.82. The van der Waals surface area contributed by atoms with Crippen molar-refractivity contribution in [2.75, 3.05) is 6.54 Å². The van der Waals surface area contributed by atoms with E-state index in [1.165, 1.54) is 19.3 Å². The van der Waals surface area contributed by atoms with Gasteiger partial charge in [0, 0.05) is 17.5 Å². The van der Waals surface area contributed by atoms with Crippen LogP contribution in [0, 0.1) is 6.92 Å². The molecule has 0 amide bonds. The highest BCUT2D eigenvalue weighted by Gasteiger charge is 2.19. The van der Waals surface area contributed by atoms with E-state index in [4.69, 9.17) is 5.53 Å². The first kappa shape index (κ1) is 20.5. The fraction of sp³-hybridized carbons (Fsp3) is 0.647. The van der Waals surface area contributed by atoms with E-state index in [9.17, 15) is 8.42 Å². The average molecular weight is 353 g/mol. The lowest BCUT2D eigenvalue weighted by Crippen LogP contribution is -2.36. The number of nitrogens with one attached hydrogen (secondary N) is 1. The minimum Gasteiger partial charge on any atom is -0.208 e. The molecule has 24 heavy (non-hydrogen) atoms. The molecule has 6 nitrogen and oxygen atoms in total. The highest BCUT2D eigenvalue weighted by molar-refractivity contribution is 7.89. The van der Waals surface area contributed by atoms with E-state index in [1.807, 2.05) is 6.92 Å². The Morgan fingerprint density at radius 2 is 1.75 bits per heavy atom. The standard InChI is InChI=1S/C17H28N4O2S/c1-3-4-5-6-7-8-9-16(14-19-21-18)20-24(22,23)17-12-10-15(2)11-13-17/h10-13,16,20H,3-9,14H2,1-2H3/t16-/m1/s1. The number of benzene rings is 1. The molecular weight excluding hydrogens is 324 g/mol. The van der Waals surface area contributed by atoms with Gasteiger partial charge in [-0.25, -0.2) is 13.1 Å². The van der Waals surface area contributed by atoms with Gasteiger partial charge in [-0.2, -0.15) is 0 Å². The van der Waals surface area contributed by atoms with Crippen LogP contribution in [0.5, 0.6) is 0 Å². The predicted molar refractivity (Wildman–Crippen MR) is 97.3 cm³/mol. The minimum atomic E-state index is -3.59. The number of aryl methyl sites for hydroxylation is 1. The molecule has 1 N–H and O–H groups in total. The lowest BCUT2D eigenvalue weighted by atomic mass is 10.1. The van der Waals surface area contributed by atoms with Gasteiger partial charge in [0.05, 0.1) is 4.90 Å². The molecule has 0 unspecified atom stereocenters. The fourth-order valence-corrected chi connectivity index (χ4v) is 3.76. The minimum absolute atomic E-state index is 0.135. The van der Waals surface area contributed by atoms with Crippen molar-refractivity contribution in [2.45, 2.75) is 69.7 Å². The molecule has 0 aliphatic heterocycles. The van der Waals surface area contributed by atoms with Gasteiger partial charge >= 0.3 is 0 Å². The molecule has 0 radical (unpaired) electrons. The van der Waals surface area contributed by atoms with Crippen LogP contribution in [0.4, 0.5) is 0 Å². The van der Waals surface area contributed by atoms with Gasteiger partial charge < -0.3 is 0 Å². The Balaban J connectivity index is 2.60. The third-order valence-electron chi connectivity index (χ3n) is 3.92. The summed E-state index contributed by atoms with van der Waals surface area (Å²) in [4.78, 5) is 2.99. The van der Waals surface area contributed by atoms with Gasteiger partial charge in [0.1, 0.15) is 0 Å². The summed E-state index contributed by atoms with van der Waals surface area (Å²) in [5.74, 6) is 0. The van der Waals surface area contributed by atoms with Crippen LogP contribution in [0.1, 0.15) is 57.4 Å². The molecule has 0 saturated heterocycles. The second kappa shape index (κ2) is 11.1. The van der Waals surface area contributed by atoms with Gasteiger partial charge in [0.2, 0.25) is 10.0 Å². The van der Waals surface area contributed by atoms with E-state index in [-0.39, 0.29) is 17.5 Å². The summed E-state index contributed by atoms with van der Waals surface area (Å²) >= 11 is 0. The Hall–Kier alpha value is -1.56. The lowest BCUT2D eigenvalue weighted by Gasteiger charge is -2.17. The second-order valence-electron chi connectivity index (χ2n) is 6.10. The number of azide groups is 1. The Kier molecular flexibility index (Phi) is 9.45. The lowest BCUT2D eigenvalue weighted by molar-refractivity contribution is 0.498. The van der Waals surface area contributed by atoms with E-state index in [0.29, 0.717) is 6.42 Å². The number of nitrogens with zero attached hydrogens (tertiary/aromatic N) is 3. The van der Waals surface area contributed by atoms with E-state index < -0.39 is 10.0 Å². The van der Waals surface area contributed by atoms with Crippen LogP contribution in [0.15, 0.2) is 34.3 Å². The van der Waals surface area contributed by atoms with E-state index in [0.717, 1.165) is 24.8 Å². The number of hydrogen-bond acceptors (Lipinski definition) is 3. The molecule has 1 aromatic rings. The van der Waals surface area contributed by atoms with E-state index in [2.05, 4.69) is 21.7 Å². The van der Waals surface area contributed by atoms with Crippen molar-refractivity contribution in [1.82, 2.24) is 4.72 Å². The van der Waals surface area contributed by atoms with Crippen molar-refractivity contribution in [2.24, 2.45) is 5.11 Å². The van der Waals surface area contributed by atoms with Crippen molar-refractivity contribution in [3.63, 3.8) is 0 Å². The summed E-state index contributed by atoms with van der Waals surface area (Å²) in [5, 5.41) is 3.55. The molecule has 1 aromatic carbocycles. The molecule has 1 rings (SSSR count). The molecule has 0 aromatic heterocycles. The predicted octanol–water partition coefficient (Wildman–Crippen LogP) is 4.70. The first-order valence-electron chi connectivity index (χ1n) is 8.59. The molecule has 0 aliphatic rings. The van der Waals surface area contributed by atoms with Crippen LogP contribution in [0.25, 0.3) is 10.4 Å². The summed E-state index contributed by atoms with van der Waals surface area (Å²) < 4.78 is 27.6. The number of unbranched alkanes of at least 4 members (excludes halogenated alkanes) is 5. The zero-order valence-electron chi connectivity index (χ0n) is 14.6. The average Bonchev–Trinajstić information content (AvgIpc) is 2.55. The van der Waals surface area contributed by atoms with Crippen molar-refractivity contribution in [3.05, 3.63) is 40.3 Å². The van der Waals surface area contributed by atoms with Gasteiger partial charge in [0.15, 0.2) is 0 Å². The SMILES string of the molecule is CCCCCCCC[C@H](CN=[N+]=[N-])NS(=O)(=O)c1ccc(C)cc1. The van der Waals surface area contributed by atoms with Crippen molar-refractivity contribution in [3.8, 4) is 0 Å². The molecule has 0 bridgehead atoms. The van der Waals surface area contributed by atoms with Gasteiger partial charge in [-0.1, -0.05) is 68.3 Å². The zero-order valence-corrected chi connectivity index (χ0v) is 15.4. The smallest absolute Gasteiger partial charge is 0.208 e. The summed E-state index contributed by atoms with van der Waals surface area (Å²) in [6.07, 6.45) is 7.48. The van der Waals surface area contributed by atoms with Crippen molar-refractivity contribution >= 4 is 10.0 Å². The van der Waals surface area contributed by atoms with Crippen LogP contribution in [-0.4, -0.2) is 21.0 Å². The Morgan fingerprint density at radius 3 is 2.38 bits per heavy atom. The molecule has 0 saturated carbocycles. The molecule has 1 atom stereocenters. The molecule has 0 aliphatic carbocycles. The summed E-state index contributed by atoms with van der Waals surface area (Å²) in [7, 11) is -3.59. The quantitative estimate of drug-likeness (QED) is 0.255. The van der Waals surface area contributed by atoms with Gasteiger partial charge in [-0.15, -0.1) is 0 Å². The number of hydrogen-bond donors (Lipinski definition) is 1. The molecule has 0 heterocycles. The van der Waals surface area contributed by atoms with Gasteiger partial charge in [-0.3, -0.25) is 0 Å². The van der Waals surface area contributed by atoms with Crippen LogP contribution < -0.4 is 4.72 Å². The molecule has 134 valence electrons. The first-order valence-corrected chi connectivity index (χ1v) is 10.1. The van der Waals surface area contributed by atoms with Crippen LogP contribution in [0.2, 0.25) is 0 Å². The number of rotatable bonds is 12. The molecule has 7 heteroatoms. The van der Waals surface area contributed by atoms with Gasteiger partial charge in [0.25, 0.3) is 0 Å². The third kappa shape index (κ3) is 7.81. The summed E-state index contributed by atoms with van der Waals surface area (Å²) in [6, 6.07) is 6.36. The maximum Gasteiger partial charge on any atom is 0.240 e. The van der Waals surface area contributed by atoms with Crippen molar-refractivity contribution < 1.29 is 8.42 Å². The van der Waals surface area contributed by atoms with Crippen LogP contribution in [-0.2, 0) is 10.0 Å². The zero-order chi connectivity index (χ0) is 17.8. The fourth-order valence-electron chi connectivity index (χ4n) is 2.50. The van der Waals surface area contributed by atoms with E-state index in [1.54, 1.807) is 24.3 Å². The normalized spacial score (nSPS) is 12.6. The monoisotopic (exact) mass is 352 g/mol. The molecular formula is C17H28N4O2S. The topological polar surface area (TPSA) is 94.9 Å². The Labute approximate surface area is 145 Å². The molecule has 0 spiro atoms. The first-order chi connectivity index (χ1) is 11.5.